The molecule has 1 aromatic rings. The van der Waals surface area contributed by atoms with Gasteiger partial charge >= 0.3 is 0 Å². The van der Waals surface area contributed by atoms with Crippen LogP contribution in [0.4, 0.5) is 0 Å². The molecule has 0 unspecified atom stereocenters. The number of methoxy groups -OCH3 is 2. The van der Waals surface area contributed by atoms with Gasteiger partial charge in [0.15, 0.2) is 0 Å². The quantitative estimate of drug-likeness (QED) is 0.892. The molecule has 0 aromatic heterocycles. The third-order valence-corrected chi connectivity index (χ3v) is 4.51. The molecule has 1 saturated heterocycles. The highest BCUT2D eigenvalue weighted by molar-refractivity contribution is 9.10. The molecule has 1 fully saturated rings. The number of hydrogen-bond acceptors (Lipinski definition) is 4. The maximum absolute atomic E-state index is 9.50. The highest BCUT2D eigenvalue weighted by Crippen LogP contribution is 2.34. The first-order chi connectivity index (χ1) is 9.69. The fourth-order valence-electron chi connectivity index (χ4n) is 2.74. The largest absolute Gasteiger partial charge is 0.496 e. The van der Waals surface area contributed by atoms with Crippen LogP contribution < -0.4 is 9.47 Å². The van der Waals surface area contributed by atoms with Crippen LogP contribution in [0.15, 0.2) is 16.6 Å². The van der Waals surface area contributed by atoms with Gasteiger partial charge in [0.05, 0.1) is 25.3 Å². The Kier molecular flexibility index (Phi) is 5.69. The molecular formula is C15H22BrNO3. The van der Waals surface area contributed by atoms with E-state index in [2.05, 4.69) is 20.8 Å². The van der Waals surface area contributed by atoms with Gasteiger partial charge in [-0.1, -0.05) is 6.42 Å². The van der Waals surface area contributed by atoms with Crippen molar-refractivity contribution in [2.45, 2.75) is 31.8 Å². The second kappa shape index (κ2) is 7.29. The molecule has 1 atom stereocenters. The topological polar surface area (TPSA) is 41.9 Å². The van der Waals surface area contributed by atoms with E-state index in [1.54, 1.807) is 14.2 Å². The lowest BCUT2D eigenvalue weighted by molar-refractivity contribution is 0.0834. The standard InChI is InChI=1S/C15H22BrNO3/c1-19-14-8-15(20-2)13(16)7-11(14)9-17-6-4-3-5-12(17)10-18/h7-8,12,18H,3-6,9-10H2,1-2H3/t12-/m0/s1. The molecule has 1 N–H and O–H groups in total. The molecule has 1 aromatic carbocycles. The Morgan fingerprint density at radius 1 is 1.25 bits per heavy atom. The van der Waals surface area contributed by atoms with E-state index in [0.717, 1.165) is 41.0 Å². The lowest BCUT2D eigenvalue weighted by atomic mass is 10.0. The Morgan fingerprint density at radius 2 is 2.00 bits per heavy atom. The summed E-state index contributed by atoms with van der Waals surface area (Å²) in [6.45, 7) is 2.04. The van der Waals surface area contributed by atoms with Crippen molar-refractivity contribution < 1.29 is 14.6 Å². The summed E-state index contributed by atoms with van der Waals surface area (Å²) < 4.78 is 11.7. The zero-order valence-electron chi connectivity index (χ0n) is 12.1. The Labute approximate surface area is 128 Å². The van der Waals surface area contributed by atoms with Crippen molar-refractivity contribution in [3.8, 4) is 11.5 Å². The number of hydrogen-bond donors (Lipinski definition) is 1. The number of likely N-dealkylation sites (tertiary alicyclic amines) is 1. The molecular weight excluding hydrogens is 322 g/mol. The van der Waals surface area contributed by atoms with Crippen LogP contribution in [-0.4, -0.2) is 43.4 Å². The van der Waals surface area contributed by atoms with Crippen molar-refractivity contribution in [2.75, 3.05) is 27.4 Å². The number of aliphatic hydroxyl groups excluding tert-OH is 1. The first-order valence-corrected chi connectivity index (χ1v) is 7.74. The number of aliphatic hydroxyl groups is 1. The number of benzene rings is 1. The number of piperidine rings is 1. The van der Waals surface area contributed by atoms with Crippen molar-refractivity contribution >= 4 is 15.9 Å². The SMILES string of the molecule is COc1cc(OC)c(CN2CCCC[C@H]2CO)cc1Br. The van der Waals surface area contributed by atoms with Gasteiger partial charge < -0.3 is 14.6 Å². The van der Waals surface area contributed by atoms with Crippen LogP contribution in [0.25, 0.3) is 0 Å². The molecule has 2 rings (SSSR count). The first-order valence-electron chi connectivity index (χ1n) is 6.95. The van der Waals surface area contributed by atoms with Gasteiger partial charge in [-0.15, -0.1) is 0 Å². The lowest BCUT2D eigenvalue weighted by Gasteiger charge is -2.34. The monoisotopic (exact) mass is 343 g/mol. The van der Waals surface area contributed by atoms with Crippen molar-refractivity contribution in [1.29, 1.82) is 0 Å². The fourth-order valence-corrected chi connectivity index (χ4v) is 3.29. The van der Waals surface area contributed by atoms with Crippen LogP contribution in [-0.2, 0) is 6.54 Å². The summed E-state index contributed by atoms with van der Waals surface area (Å²) in [7, 11) is 3.32. The smallest absolute Gasteiger partial charge is 0.136 e. The lowest BCUT2D eigenvalue weighted by Crippen LogP contribution is -2.41. The molecule has 1 aliphatic rings. The minimum Gasteiger partial charge on any atom is -0.496 e. The number of halogens is 1. The minimum absolute atomic E-state index is 0.222. The summed E-state index contributed by atoms with van der Waals surface area (Å²) >= 11 is 3.52. The van der Waals surface area contributed by atoms with E-state index in [1.165, 1.54) is 12.8 Å². The summed E-state index contributed by atoms with van der Waals surface area (Å²) in [5.74, 6) is 1.59. The van der Waals surface area contributed by atoms with E-state index < -0.39 is 0 Å². The van der Waals surface area contributed by atoms with Gasteiger partial charge in [0.25, 0.3) is 0 Å². The molecule has 1 heterocycles. The maximum atomic E-state index is 9.50. The van der Waals surface area contributed by atoms with Gasteiger partial charge in [-0.05, 0) is 41.4 Å². The van der Waals surface area contributed by atoms with Gasteiger partial charge in [0.1, 0.15) is 11.5 Å². The number of rotatable bonds is 5. The molecule has 4 nitrogen and oxygen atoms in total. The molecule has 0 bridgehead atoms. The van der Waals surface area contributed by atoms with Crippen LogP contribution in [0.2, 0.25) is 0 Å². The minimum atomic E-state index is 0.222. The van der Waals surface area contributed by atoms with E-state index in [1.807, 2.05) is 12.1 Å². The van der Waals surface area contributed by atoms with E-state index in [4.69, 9.17) is 9.47 Å². The summed E-state index contributed by atoms with van der Waals surface area (Å²) in [5, 5.41) is 9.50. The number of ether oxygens (including phenoxy) is 2. The summed E-state index contributed by atoms with van der Waals surface area (Å²) in [5.41, 5.74) is 1.11. The second-order valence-electron chi connectivity index (χ2n) is 5.10. The third-order valence-electron chi connectivity index (χ3n) is 3.89. The summed E-state index contributed by atoms with van der Waals surface area (Å²) in [4.78, 5) is 2.33. The van der Waals surface area contributed by atoms with Crippen molar-refractivity contribution in [3.05, 3.63) is 22.2 Å². The van der Waals surface area contributed by atoms with Crippen molar-refractivity contribution in [1.82, 2.24) is 4.90 Å². The van der Waals surface area contributed by atoms with Gasteiger partial charge in [-0.25, -0.2) is 0 Å². The van der Waals surface area contributed by atoms with Crippen LogP contribution >= 0.6 is 15.9 Å². The van der Waals surface area contributed by atoms with Gasteiger partial charge in [0.2, 0.25) is 0 Å². The molecule has 20 heavy (non-hydrogen) atoms. The van der Waals surface area contributed by atoms with Crippen LogP contribution in [0.5, 0.6) is 11.5 Å². The van der Waals surface area contributed by atoms with E-state index >= 15 is 0 Å². The molecule has 0 saturated carbocycles. The molecule has 0 amide bonds. The first kappa shape index (κ1) is 15.6. The van der Waals surface area contributed by atoms with Crippen molar-refractivity contribution in [2.24, 2.45) is 0 Å². The zero-order valence-corrected chi connectivity index (χ0v) is 13.6. The predicted molar refractivity (Wildman–Crippen MR) is 82.4 cm³/mol. The molecule has 112 valence electrons. The Balaban J connectivity index is 2.21. The van der Waals surface area contributed by atoms with Gasteiger partial charge in [0, 0.05) is 24.2 Å². The van der Waals surface area contributed by atoms with Gasteiger partial charge in [-0.3, -0.25) is 4.90 Å². The summed E-state index contributed by atoms with van der Waals surface area (Å²) in [6, 6.07) is 4.20. The fraction of sp³-hybridized carbons (Fsp3) is 0.600. The molecule has 0 spiro atoms. The van der Waals surface area contributed by atoms with E-state index in [-0.39, 0.29) is 12.6 Å². The van der Waals surface area contributed by atoms with Crippen LogP contribution in [0, 0.1) is 0 Å². The Hall–Kier alpha value is -0.780. The highest BCUT2D eigenvalue weighted by atomic mass is 79.9. The van der Waals surface area contributed by atoms with Gasteiger partial charge in [-0.2, -0.15) is 0 Å². The molecule has 1 aliphatic heterocycles. The second-order valence-corrected chi connectivity index (χ2v) is 5.96. The molecule has 5 heteroatoms. The van der Waals surface area contributed by atoms with Crippen LogP contribution in [0.3, 0.4) is 0 Å². The Bertz CT molecular complexity index is 453. The third kappa shape index (κ3) is 3.45. The zero-order chi connectivity index (χ0) is 14.5. The highest BCUT2D eigenvalue weighted by Gasteiger charge is 2.23. The van der Waals surface area contributed by atoms with Crippen LogP contribution in [0.1, 0.15) is 24.8 Å². The van der Waals surface area contributed by atoms with E-state index in [9.17, 15) is 5.11 Å². The normalized spacial score (nSPS) is 19.9. The van der Waals surface area contributed by atoms with Crippen molar-refractivity contribution in [3.63, 3.8) is 0 Å². The molecule has 0 radical (unpaired) electrons. The molecule has 0 aliphatic carbocycles. The predicted octanol–water partition coefficient (Wildman–Crippen LogP) is 2.81. The number of nitrogens with zero attached hydrogens (tertiary/aromatic N) is 1. The summed E-state index contributed by atoms with van der Waals surface area (Å²) in [6.07, 6.45) is 3.46. The average Bonchev–Trinajstić information content (AvgIpc) is 2.48. The maximum Gasteiger partial charge on any atom is 0.136 e. The van der Waals surface area contributed by atoms with E-state index in [0.29, 0.717) is 0 Å². The average molecular weight is 344 g/mol. The Morgan fingerprint density at radius 3 is 2.65 bits per heavy atom.